The van der Waals surface area contributed by atoms with Crippen molar-refractivity contribution < 1.29 is 24.6 Å². The van der Waals surface area contributed by atoms with E-state index in [0.29, 0.717) is 5.69 Å². The van der Waals surface area contributed by atoms with E-state index in [0.717, 1.165) is 14.9 Å². The number of carboxylic acids is 2. The molecule has 8 heteroatoms. The highest BCUT2D eigenvalue weighted by Crippen LogP contribution is 2.19. The van der Waals surface area contributed by atoms with Gasteiger partial charge in [0.1, 0.15) is 0 Å². The van der Waals surface area contributed by atoms with Crippen molar-refractivity contribution in [1.82, 2.24) is 4.90 Å². The van der Waals surface area contributed by atoms with E-state index >= 15 is 0 Å². The molecule has 0 aliphatic carbocycles. The van der Waals surface area contributed by atoms with E-state index in [1.807, 2.05) is 6.92 Å². The minimum atomic E-state index is -1.19. The smallest absolute Gasteiger partial charge is 0.317 e. The molecule has 0 bridgehead atoms. The van der Waals surface area contributed by atoms with E-state index < -0.39 is 30.9 Å². The summed E-state index contributed by atoms with van der Waals surface area (Å²) in [5.74, 6) is -2.86. The summed E-state index contributed by atoms with van der Waals surface area (Å²) < 4.78 is 0.902. The number of benzene rings is 1. The Balaban J connectivity index is 2.66. The van der Waals surface area contributed by atoms with Crippen LogP contribution in [-0.2, 0) is 14.4 Å². The van der Waals surface area contributed by atoms with E-state index in [4.69, 9.17) is 10.2 Å². The Morgan fingerprint density at radius 3 is 2.19 bits per heavy atom. The normalized spacial score (nSPS) is 10.4. The first-order chi connectivity index (χ1) is 9.77. The second-order valence-corrected chi connectivity index (χ2v) is 5.30. The van der Waals surface area contributed by atoms with Crippen LogP contribution in [0, 0.1) is 6.92 Å². The van der Waals surface area contributed by atoms with Crippen molar-refractivity contribution in [3.8, 4) is 0 Å². The summed E-state index contributed by atoms with van der Waals surface area (Å²) in [4.78, 5) is 34.1. The van der Waals surface area contributed by atoms with Crippen LogP contribution in [0.25, 0.3) is 0 Å². The molecule has 0 saturated heterocycles. The maximum Gasteiger partial charge on any atom is 0.317 e. The van der Waals surface area contributed by atoms with Crippen molar-refractivity contribution in [2.45, 2.75) is 6.92 Å². The predicted octanol–water partition coefficient (Wildman–Crippen LogP) is 1.17. The van der Waals surface area contributed by atoms with Crippen LogP contribution in [0.15, 0.2) is 22.7 Å². The monoisotopic (exact) mass is 358 g/mol. The molecular formula is C13H15BrN2O5. The van der Waals surface area contributed by atoms with Crippen molar-refractivity contribution in [2.75, 3.05) is 25.0 Å². The Kier molecular flexibility index (Phi) is 6.32. The highest BCUT2D eigenvalue weighted by atomic mass is 79.9. The average Bonchev–Trinajstić information content (AvgIpc) is 2.31. The van der Waals surface area contributed by atoms with Crippen molar-refractivity contribution >= 4 is 39.5 Å². The summed E-state index contributed by atoms with van der Waals surface area (Å²) >= 11 is 3.34. The average molecular weight is 359 g/mol. The second-order valence-electron chi connectivity index (χ2n) is 4.44. The largest absolute Gasteiger partial charge is 0.480 e. The molecule has 1 aromatic rings. The van der Waals surface area contributed by atoms with Gasteiger partial charge >= 0.3 is 11.9 Å². The fraction of sp³-hybridized carbons (Fsp3) is 0.308. The summed E-state index contributed by atoms with van der Waals surface area (Å²) in [7, 11) is 0. The zero-order valence-electron chi connectivity index (χ0n) is 11.3. The van der Waals surface area contributed by atoms with Crippen LogP contribution >= 0.6 is 15.9 Å². The standard InChI is InChI=1S/C13H15BrN2O5/c1-8-4-9(2-3-10(8)14)15-11(17)5-16(6-12(18)19)7-13(20)21/h2-4H,5-7H2,1H3,(H,15,17)(H,18,19)(H,20,21). The lowest BCUT2D eigenvalue weighted by Crippen LogP contribution is -2.40. The number of anilines is 1. The number of carbonyl (C=O) groups excluding carboxylic acids is 1. The van der Waals surface area contributed by atoms with E-state index in [-0.39, 0.29) is 6.54 Å². The predicted molar refractivity (Wildman–Crippen MR) is 79.2 cm³/mol. The number of nitrogens with zero attached hydrogens (tertiary/aromatic N) is 1. The van der Waals surface area contributed by atoms with Gasteiger partial charge in [0.05, 0.1) is 19.6 Å². The van der Waals surface area contributed by atoms with Gasteiger partial charge in [-0.05, 0) is 30.7 Å². The molecule has 1 amide bonds. The third-order valence-corrected chi connectivity index (χ3v) is 3.42. The van der Waals surface area contributed by atoms with Gasteiger partial charge in [-0.2, -0.15) is 0 Å². The maximum absolute atomic E-state index is 11.8. The molecule has 114 valence electrons. The van der Waals surface area contributed by atoms with Crippen LogP contribution in [0.2, 0.25) is 0 Å². The molecule has 0 saturated carbocycles. The summed E-state index contributed by atoms with van der Waals surface area (Å²) in [6.07, 6.45) is 0. The topological polar surface area (TPSA) is 107 Å². The highest BCUT2D eigenvalue weighted by molar-refractivity contribution is 9.10. The lowest BCUT2D eigenvalue weighted by atomic mass is 10.2. The number of hydrogen-bond acceptors (Lipinski definition) is 4. The first kappa shape index (κ1) is 17.1. The van der Waals surface area contributed by atoms with E-state index in [9.17, 15) is 14.4 Å². The van der Waals surface area contributed by atoms with Crippen LogP contribution in [0.3, 0.4) is 0 Å². The fourth-order valence-corrected chi connectivity index (χ4v) is 1.92. The number of halogens is 1. The molecule has 0 radical (unpaired) electrons. The van der Waals surface area contributed by atoms with Crippen molar-refractivity contribution in [1.29, 1.82) is 0 Å². The Morgan fingerprint density at radius 1 is 1.14 bits per heavy atom. The number of amides is 1. The Bertz CT molecular complexity index is 545. The molecule has 0 fully saturated rings. The molecular weight excluding hydrogens is 344 g/mol. The van der Waals surface area contributed by atoms with E-state index in [2.05, 4.69) is 21.2 Å². The molecule has 0 spiro atoms. The van der Waals surface area contributed by atoms with Gasteiger partial charge in [0.15, 0.2) is 0 Å². The maximum atomic E-state index is 11.8. The first-order valence-corrected chi connectivity index (χ1v) is 6.79. The molecule has 21 heavy (non-hydrogen) atoms. The van der Waals surface area contributed by atoms with Gasteiger partial charge in [0, 0.05) is 10.2 Å². The number of nitrogens with one attached hydrogen (secondary N) is 1. The van der Waals surface area contributed by atoms with Gasteiger partial charge in [0.25, 0.3) is 0 Å². The molecule has 1 rings (SSSR count). The molecule has 0 atom stereocenters. The highest BCUT2D eigenvalue weighted by Gasteiger charge is 2.17. The van der Waals surface area contributed by atoms with Crippen LogP contribution in [0.1, 0.15) is 5.56 Å². The molecule has 0 heterocycles. The number of aliphatic carboxylic acids is 2. The molecule has 0 aliphatic rings. The van der Waals surface area contributed by atoms with Crippen LogP contribution in [0.5, 0.6) is 0 Å². The van der Waals surface area contributed by atoms with Gasteiger partial charge in [-0.25, -0.2) is 0 Å². The lowest BCUT2D eigenvalue weighted by molar-refractivity contribution is -0.142. The molecule has 1 aromatic carbocycles. The summed E-state index contributed by atoms with van der Waals surface area (Å²) in [6.45, 7) is 0.521. The quantitative estimate of drug-likeness (QED) is 0.675. The Morgan fingerprint density at radius 2 is 1.71 bits per heavy atom. The van der Waals surface area contributed by atoms with Crippen molar-refractivity contribution in [3.63, 3.8) is 0 Å². The Hall–Kier alpha value is -1.93. The molecule has 3 N–H and O–H groups in total. The third kappa shape index (κ3) is 6.37. The van der Waals surface area contributed by atoms with E-state index in [1.54, 1.807) is 18.2 Å². The fourth-order valence-electron chi connectivity index (χ4n) is 1.68. The third-order valence-electron chi connectivity index (χ3n) is 2.53. The zero-order valence-corrected chi connectivity index (χ0v) is 12.9. The minimum absolute atomic E-state index is 0.312. The number of aryl methyl sites for hydroxylation is 1. The van der Waals surface area contributed by atoms with Crippen molar-refractivity contribution in [3.05, 3.63) is 28.2 Å². The minimum Gasteiger partial charge on any atom is -0.480 e. The first-order valence-electron chi connectivity index (χ1n) is 6.00. The number of hydrogen-bond donors (Lipinski definition) is 3. The van der Waals surface area contributed by atoms with Gasteiger partial charge in [-0.3, -0.25) is 19.3 Å². The van der Waals surface area contributed by atoms with Gasteiger partial charge in [-0.1, -0.05) is 15.9 Å². The Labute approximate surface area is 129 Å². The lowest BCUT2D eigenvalue weighted by Gasteiger charge is -2.17. The zero-order chi connectivity index (χ0) is 16.0. The second kappa shape index (κ2) is 7.75. The number of rotatable bonds is 7. The summed E-state index contributed by atoms with van der Waals surface area (Å²) in [6, 6.07) is 5.21. The van der Waals surface area contributed by atoms with Gasteiger partial charge in [0.2, 0.25) is 5.91 Å². The van der Waals surface area contributed by atoms with Crippen LogP contribution < -0.4 is 5.32 Å². The van der Waals surface area contributed by atoms with Crippen molar-refractivity contribution in [2.24, 2.45) is 0 Å². The van der Waals surface area contributed by atoms with E-state index in [1.165, 1.54) is 0 Å². The molecule has 7 nitrogen and oxygen atoms in total. The molecule has 0 aliphatic heterocycles. The number of carbonyl (C=O) groups is 3. The van der Waals surface area contributed by atoms with Gasteiger partial charge in [-0.15, -0.1) is 0 Å². The van der Waals surface area contributed by atoms with Crippen LogP contribution in [0.4, 0.5) is 5.69 Å². The molecule has 0 aromatic heterocycles. The summed E-state index contributed by atoms with van der Waals surface area (Å²) in [5.41, 5.74) is 1.49. The SMILES string of the molecule is Cc1cc(NC(=O)CN(CC(=O)O)CC(=O)O)ccc1Br. The van der Waals surface area contributed by atoms with Crippen LogP contribution in [-0.4, -0.2) is 52.6 Å². The van der Waals surface area contributed by atoms with Gasteiger partial charge < -0.3 is 15.5 Å². The molecule has 0 unspecified atom stereocenters. The number of carboxylic acid groups (broad SMARTS) is 2. The summed E-state index contributed by atoms with van der Waals surface area (Å²) in [5, 5.41) is 20.0.